The fourth-order valence-corrected chi connectivity index (χ4v) is 3.79. The van der Waals surface area contributed by atoms with Crippen molar-refractivity contribution in [3.05, 3.63) is 53.7 Å². The van der Waals surface area contributed by atoms with Crippen LogP contribution in [-0.4, -0.2) is 17.5 Å². The molecule has 0 atom stereocenters. The lowest BCUT2D eigenvalue weighted by molar-refractivity contribution is -0.122. The number of ether oxygens (including phenoxy) is 1. The van der Waals surface area contributed by atoms with E-state index in [9.17, 15) is 4.79 Å². The Labute approximate surface area is 162 Å². The van der Waals surface area contributed by atoms with Gasteiger partial charge in [-0.1, -0.05) is 62.4 Å². The van der Waals surface area contributed by atoms with Crippen molar-refractivity contribution < 1.29 is 9.53 Å². The van der Waals surface area contributed by atoms with Crippen LogP contribution in [0.15, 0.2) is 42.6 Å². The van der Waals surface area contributed by atoms with Gasteiger partial charge in [-0.25, -0.2) is 4.98 Å². The van der Waals surface area contributed by atoms with Crippen LogP contribution in [0.5, 0.6) is 5.88 Å². The van der Waals surface area contributed by atoms with E-state index in [2.05, 4.69) is 48.4 Å². The van der Waals surface area contributed by atoms with Gasteiger partial charge in [-0.3, -0.25) is 4.79 Å². The number of anilines is 1. The molecule has 1 heterocycles. The average molecular weight is 367 g/mol. The van der Waals surface area contributed by atoms with E-state index in [0.717, 1.165) is 49.8 Å². The Hall–Kier alpha value is -2.36. The zero-order chi connectivity index (χ0) is 19.1. The molecule has 1 N–H and O–H groups in total. The summed E-state index contributed by atoms with van der Waals surface area (Å²) < 4.78 is 5.60. The predicted molar refractivity (Wildman–Crippen MR) is 109 cm³/mol. The van der Waals surface area contributed by atoms with Crippen LogP contribution in [0, 0.1) is 6.92 Å². The number of amides is 1. The van der Waals surface area contributed by atoms with Crippen molar-refractivity contribution in [2.75, 3.05) is 11.9 Å². The molecule has 4 nitrogen and oxygen atoms in total. The molecule has 1 saturated carbocycles. The molecule has 1 aliphatic carbocycles. The number of hydrogen-bond donors (Lipinski definition) is 1. The number of rotatable bonds is 7. The normalized spacial score (nSPS) is 15.9. The van der Waals surface area contributed by atoms with Gasteiger partial charge in [0.05, 0.1) is 23.9 Å². The van der Waals surface area contributed by atoms with Crippen LogP contribution in [-0.2, 0) is 10.2 Å². The van der Waals surface area contributed by atoms with Crippen molar-refractivity contribution in [2.45, 2.75) is 64.2 Å². The third-order valence-electron chi connectivity index (χ3n) is 5.49. The zero-order valence-corrected chi connectivity index (χ0v) is 16.5. The largest absolute Gasteiger partial charge is 0.478 e. The highest BCUT2D eigenvalue weighted by Gasteiger charge is 2.41. The van der Waals surface area contributed by atoms with E-state index in [-0.39, 0.29) is 5.91 Å². The number of hydrogen-bond acceptors (Lipinski definition) is 3. The minimum Gasteiger partial charge on any atom is -0.478 e. The summed E-state index contributed by atoms with van der Waals surface area (Å²) in [6.07, 6.45) is 8.96. The summed E-state index contributed by atoms with van der Waals surface area (Å²) in [6.45, 7) is 4.88. The van der Waals surface area contributed by atoms with Crippen LogP contribution in [0.4, 0.5) is 5.69 Å². The van der Waals surface area contributed by atoms with E-state index < -0.39 is 5.41 Å². The summed E-state index contributed by atoms with van der Waals surface area (Å²) >= 11 is 0. The Kier molecular flexibility index (Phi) is 6.49. The van der Waals surface area contributed by atoms with E-state index in [1.807, 2.05) is 12.1 Å². The number of aryl methyl sites for hydroxylation is 1. The van der Waals surface area contributed by atoms with Crippen LogP contribution in [0.25, 0.3) is 0 Å². The van der Waals surface area contributed by atoms with Gasteiger partial charge in [0.2, 0.25) is 11.8 Å². The van der Waals surface area contributed by atoms with Gasteiger partial charge in [0.25, 0.3) is 0 Å². The summed E-state index contributed by atoms with van der Waals surface area (Å²) in [5.74, 6) is 0.680. The molecule has 0 spiro atoms. The second kappa shape index (κ2) is 9.03. The lowest BCUT2D eigenvalue weighted by Gasteiger charge is -2.36. The lowest BCUT2D eigenvalue weighted by Crippen LogP contribution is -2.42. The molecule has 4 heteroatoms. The number of unbranched alkanes of at least 4 members (excludes halogenated alkanes) is 1. The van der Waals surface area contributed by atoms with Crippen LogP contribution in [0.3, 0.4) is 0 Å². The first kappa shape index (κ1) is 19.4. The van der Waals surface area contributed by atoms with Crippen LogP contribution >= 0.6 is 0 Å². The molecular formula is C23H30N2O2. The van der Waals surface area contributed by atoms with E-state index in [1.165, 1.54) is 12.0 Å². The number of pyridine rings is 1. The van der Waals surface area contributed by atoms with Gasteiger partial charge in [0.1, 0.15) is 0 Å². The van der Waals surface area contributed by atoms with Gasteiger partial charge in [-0.15, -0.1) is 0 Å². The van der Waals surface area contributed by atoms with Crippen LogP contribution < -0.4 is 10.1 Å². The number of carbonyl (C=O) groups is 1. The van der Waals surface area contributed by atoms with Gasteiger partial charge in [-0.05, 0) is 37.8 Å². The second-order valence-electron chi connectivity index (χ2n) is 7.55. The molecule has 0 bridgehead atoms. The van der Waals surface area contributed by atoms with Gasteiger partial charge < -0.3 is 10.1 Å². The number of nitrogens with zero attached hydrogens (tertiary/aromatic N) is 1. The maximum absolute atomic E-state index is 13.3. The van der Waals surface area contributed by atoms with Crippen molar-refractivity contribution in [3.8, 4) is 5.88 Å². The monoisotopic (exact) mass is 366 g/mol. The third-order valence-corrected chi connectivity index (χ3v) is 5.49. The van der Waals surface area contributed by atoms with Crippen molar-refractivity contribution in [1.82, 2.24) is 4.98 Å². The first-order chi connectivity index (χ1) is 13.1. The topological polar surface area (TPSA) is 51.2 Å². The van der Waals surface area contributed by atoms with Crippen molar-refractivity contribution >= 4 is 11.6 Å². The highest BCUT2D eigenvalue weighted by Crippen LogP contribution is 2.40. The van der Waals surface area contributed by atoms with E-state index in [4.69, 9.17) is 4.74 Å². The number of carbonyl (C=O) groups excluding carboxylic acids is 1. The molecule has 1 aliphatic rings. The summed E-state index contributed by atoms with van der Waals surface area (Å²) in [5, 5.41) is 3.10. The molecule has 0 saturated heterocycles. The molecular weight excluding hydrogens is 336 g/mol. The molecule has 0 aliphatic heterocycles. The highest BCUT2D eigenvalue weighted by atomic mass is 16.5. The Morgan fingerprint density at radius 1 is 1.11 bits per heavy atom. The molecule has 3 rings (SSSR count). The average Bonchev–Trinajstić information content (AvgIpc) is 2.70. The Bertz CT molecular complexity index is 732. The molecule has 1 fully saturated rings. The van der Waals surface area contributed by atoms with Crippen LogP contribution in [0.1, 0.15) is 63.0 Å². The molecule has 1 amide bonds. The first-order valence-corrected chi connectivity index (χ1v) is 10.1. The fraction of sp³-hybridized carbons (Fsp3) is 0.478. The van der Waals surface area contributed by atoms with E-state index in [1.54, 1.807) is 6.20 Å². The molecule has 1 aromatic carbocycles. The maximum Gasteiger partial charge on any atom is 0.235 e. The fourth-order valence-electron chi connectivity index (χ4n) is 3.79. The smallest absolute Gasteiger partial charge is 0.235 e. The van der Waals surface area contributed by atoms with Gasteiger partial charge >= 0.3 is 0 Å². The Balaban J connectivity index is 1.74. The predicted octanol–water partition coefficient (Wildman–Crippen LogP) is 5.41. The number of nitrogens with one attached hydrogen (secondary N) is 1. The van der Waals surface area contributed by atoms with Crippen LogP contribution in [0.2, 0.25) is 0 Å². The molecule has 144 valence electrons. The lowest BCUT2D eigenvalue weighted by atomic mass is 9.68. The summed E-state index contributed by atoms with van der Waals surface area (Å²) in [5.41, 5.74) is 2.62. The van der Waals surface area contributed by atoms with E-state index >= 15 is 0 Å². The standard InChI is InChI=1S/C23H30N2O2/c1-3-4-16-27-21-13-12-20(17-24-21)25-22(26)23(14-6-5-7-15-23)19-10-8-18(2)9-11-19/h8-13,17H,3-7,14-16H2,1-2H3,(H,25,26). The number of benzene rings is 1. The van der Waals surface area contributed by atoms with Gasteiger partial charge in [0.15, 0.2) is 0 Å². The molecule has 2 aromatic rings. The summed E-state index contributed by atoms with van der Waals surface area (Å²) in [7, 11) is 0. The SMILES string of the molecule is CCCCOc1ccc(NC(=O)C2(c3ccc(C)cc3)CCCCC2)cn1. The first-order valence-electron chi connectivity index (χ1n) is 10.1. The summed E-state index contributed by atoms with van der Waals surface area (Å²) in [4.78, 5) is 17.6. The third kappa shape index (κ3) is 4.68. The second-order valence-corrected chi connectivity index (χ2v) is 7.55. The van der Waals surface area contributed by atoms with E-state index in [0.29, 0.717) is 12.5 Å². The molecule has 1 aromatic heterocycles. The minimum atomic E-state index is -0.442. The molecule has 0 unspecified atom stereocenters. The Morgan fingerprint density at radius 2 is 1.85 bits per heavy atom. The zero-order valence-electron chi connectivity index (χ0n) is 16.5. The van der Waals surface area contributed by atoms with Crippen molar-refractivity contribution in [3.63, 3.8) is 0 Å². The van der Waals surface area contributed by atoms with Crippen molar-refractivity contribution in [2.24, 2.45) is 0 Å². The quantitative estimate of drug-likeness (QED) is 0.667. The minimum absolute atomic E-state index is 0.0764. The molecule has 27 heavy (non-hydrogen) atoms. The summed E-state index contributed by atoms with van der Waals surface area (Å²) in [6, 6.07) is 12.1. The highest BCUT2D eigenvalue weighted by molar-refractivity contribution is 5.99. The Morgan fingerprint density at radius 3 is 2.48 bits per heavy atom. The van der Waals surface area contributed by atoms with Gasteiger partial charge in [0, 0.05) is 6.07 Å². The number of aromatic nitrogens is 1. The molecule has 0 radical (unpaired) electrons. The van der Waals surface area contributed by atoms with Gasteiger partial charge in [-0.2, -0.15) is 0 Å². The van der Waals surface area contributed by atoms with Crippen molar-refractivity contribution in [1.29, 1.82) is 0 Å². The maximum atomic E-state index is 13.3.